The predicted octanol–water partition coefficient (Wildman–Crippen LogP) is 4.64. The van der Waals surface area contributed by atoms with Crippen molar-refractivity contribution in [3.8, 4) is 0 Å². The smallest absolute Gasteiger partial charge is 0.124 e. The molecule has 1 N–H and O–H groups in total. The first-order valence-electron chi connectivity index (χ1n) is 6.39. The lowest BCUT2D eigenvalue weighted by atomic mass is 10.0. The van der Waals surface area contributed by atoms with Gasteiger partial charge in [-0.25, -0.2) is 4.39 Å². The maximum absolute atomic E-state index is 13.5. The SMILES string of the molecule is CCNC(Cc1cc(F)cc(Br)c1)c1ncccc1Br. The molecule has 1 heterocycles. The Hall–Kier alpha value is -0.780. The van der Waals surface area contributed by atoms with Crippen LogP contribution in [0.4, 0.5) is 4.39 Å². The summed E-state index contributed by atoms with van der Waals surface area (Å²) in [6, 6.07) is 8.85. The molecule has 20 heavy (non-hydrogen) atoms. The zero-order valence-corrected chi connectivity index (χ0v) is 14.2. The van der Waals surface area contributed by atoms with E-state index >= 15 is 0 Å². The average Bonchev–Trinajstić information content (AvgIpc) is 2.37. The fourth-order valence-electron chi connectivity index (χ4n) is 2.13. The predicted molar refractivity (Wildman–Crippen MR) is 86.2 cm³/mol. The van der Waals surface area contributed by atoms with E-state index in [4.69, 9.17) is 0 Å². The third-order valence-corrected chi connectivity index (χ3v) is 4.06. The topological polar surface area (TPSA) is 24.9 Å². The molecule has 0 aliphatic carbocycles. The fourth-order valence-corrected chi connectivity index (χ4v) is 3.17. The molecule has 2 nitrogen and oxygen atoms in total. The number of nitrogens with one attached hydrogen (secondary N) is 1. The first-order chi connectivity index (χ1) is 9.60. The van der Waals surface area contributed by atoms with Gasteiger partial charge in [0, 0.05) is 15.1 Å². The molecule has 0 radical (unpaired) electrons. The number of pyridine rings is 1. The number of benzene rings is 1. The van der Waals surface area contributed by atoms with Crippen LogP contribution in [0.1, 0.15) is 24.2 Å². The van der Waals surface area contributed by atoms with E-state index in [0.717, 1.165) is 26.7 Å². The Morgan fingerprint density at radius 1 is 1.30 bits per heavy atom. The van der Waals surface area contributed by atoms with Crippen LogP contribution in [0.5, 0.6) is 0 Å². The normalized spacial score (nSPS) is 12.4. The summed E-state index contributed by atoms with van der Waals surface area (Å²) in [5, 5.41) is 3.40. The molecule has 1 aromatic heterocycles. The molecule has 0 aliphatic rings. The van der Waals surface area contributed by atoms with Crippen LogP contribution in [-0.4, -0.2) is 11.5 Å². The molecule has 2 aromatic rings. The summed E-state index contributed by atoms with van der Waals surface area (Å²) in [7, 11) is 0. The summed E-state index contributed by atoms with van der Waals surface area (Å²) < 4.78 is 15.2. The first-order valence-corrected chi connectivity index (χ1v) is 7.97. The monoisotopic (exact) mass is 400 g/mol. The summed E-state index contributed by atoms with van der Waals surface area (Å²) in [6.07, 6.45) is 2.45. The molecular formula is C15H15Br2FN2. The molecule has 0 bridgehead atoms. The van der Waals surface area contributed by atoms with Crippen molar-refractivity contribution in [3.05, 3.63) is 62.5 Å². The van der Waals surface area contributed by atoms with Crippen LogP contribution in [0.25, 0.3) is 0 Å². The minimum absolute atomic E-state index is 0.0456. The van der Waals surface area contributed by atoms with Crippen molar-refractivity contribution in [3.63, 3.8) is 0 Å². The summed E-state index contributed by atoms with van der Waals surface area (Å²) >= 11 is 6.85. The fraction of sp³-hybridized carbons (Fsp3) is 0.267. The van der Waals surface area contributed by atoms with Crippen molar-refractivity contribution in [2.45, 2.75) is 19.4 Å². The summed E-state index contributed by atoms with van der Waals surface area (Å²) in [5.74, 6) is -0.232. The molecule has 0 saturated carbocycles. The molecule has 1 unspecified atom stereocenters. The van der Waals surface area contributed by atoms with Gasteiger partial charge in [-0.3, -0.25) is 4.98 Å². The third kappa shape index (κ3) is 4.11. The molecule has 2 rings (SSSR count). The van der Waals surface area contributed by atoms with E-state index in [2.05, 4.69) is 42.2 Å². The maximum Gasteiger partial charge on any atom is 0.124 e. The quantitative estimate of drug-likeness (QED) is 0.789. The minimum atomic E-state index is -0.232. The zero-order chi connectivity index (χ0) is 14.5. The van der Waals surface area contributed by atoms with Gasteiger partial charge in [-0.1, -0.05) is 22.9 Å². The van der Waals surface area contributed by atoms with Gasteiger partial charge in [-0.2, -0.15) is 0 Å². The molecule has 0 aliphatic heterocycles. The van der Waals surface area contributed by atoms with Gasteiger partial charge in [-0.05, 0) is 64.8 Å². The van der Waals surface area contributed by atoms with Crippen LogP contribution in [0.15, 0.2) is 45.5 Å². The summed E-state index contributed by atoms with van der Waals surface area (Å²) in [4.78, 5) is 4.42. The van der Waals surface area contributed by atoms with E-state index < -0.39 is 0 Å². The van der Waals surface area contributed by atoms with Crippen molar-refractivity contribution in [1.82, 2.24) is 10.3 Å². The van der Waals surface area contributed by atoms with Crippen molar-refractivity contribution < 1.29 is 4.39 Å². The summed E-state index contributed by atoms with van der Waals surface area (Å²) in [5.41, 5.74) is 1.87. The Kier molecular flexibility index (Phi) is 5.69. The molecule has 0 amide bonds. The van der Waals surface area contributed by atoms with E-state index in [1.54, 1.807) is 12.3 Å². The van der Waals surface area contributed by atoms with E-state index in [-0.39, 0.29) is 11.9 Å². The number of hydrogen-bond acceptors (Lipinski definition) is 2. The van der Waals surface area contributed by atoms with Crippen molar-refractivity contribution in [2.24, 2.45) is 0 Å². The van der Waals surface area contributed by atoms with Gasteiger partial charge in [0.25, 0.3) is 0 Å². The Labute approximate surface area is 135 Å². The summed E-state index contributed by atoms with van der Waals surface area (Å²) in [6.45, 7) is 2.87. The van der Waals surface area contributed by atoms with E-state index in [0.29, 0.717) is 6.42 Å². The average molecular weight is 402 g/mol. The molecule has 106 valence electrons. The number of halogens is 3. The first kappa shape index (κ1) is 15.6. The largest absolute Gasteiger partial charge is 0.309 e. The highest BCUT2D eigenvalue weighted by Gasteiger charge is 2.16. The number of nitrogens with zero attached hydrogens (tertiary/aromatic N) is 1. The molecule has 0 fully saturated rings. The lowest BCUT2D eigenvalue weighted by molar-refractivity contribution is 0.532. The van der Waals surface area contributed by atoms with Crippen molar-refractivity contribution >= 4 is 31.9 Å². The molecular weight excluding hydrogens is 387 g/mol. The lowest BCUT2D eigenvalue weighted by Gasteiger charge is -2.19. The maximum atomic E-state index is 13.5. The van der Waals surface area contributed by atoms with E-state index in [9.17, 15) is 4.39 Å². The second kappa shape index (κ2) is 7.29. The zero-order valence-electron chi connectivity index (χ0n) is 11.0. The number of likely N-dealkylation sites (N-methyl/N-ethyl adjacent to an activating group) is 1. The molecule has 0 saturated heterocycles. The second-order valence-corrected chi connectivity index (χ2v) is 6.23. The van der Waals surface area contributed by atoms with Crippen LogP contribution < -0.4 is 5.32 Å². The van der Waals surface area contributed by atoms with Crippen LogP contribution in [0, 0.1) is 5.82 Å². The number of aromatic nitrogens is 1. The van der Waals surface area contributed by atoms with E-state index in [1.807, 2.05) is 25.1 Å². The molecule has 1 atom stereocenters. The molecule has 1 aromatic carbocycles. The van der Waals surface area contributed by atoms with Crippen LogP contribution in [0.3, 0.4) is 0 Å². The van der Waals surface area contributed by atoms with Gasteiger partial charge in [0.2, 0.25) is 0 Å². The van der Waals surface area contributed by atoms with Crippen molar-refractivity contribution in [2.75, 3.05) is 6.54 Å². The van der Waals surface area contributed by atoms with Gasteiger partial charge in [0.1, 0.15) is 5.82 Å². The Morgan fingerprint density at radius 3 is 2.75 bits per heavy atom. The van der Waals surface area contributed by atoms with Gasteiger partial charge >= 0.3 is 0 Å². The lowest BCUT2D eigenvalue weighted by Crippen LogP contribution is -2.24. The van der Waals surface area contributed by atoms with E-state index in [1.165, 1.54) is 6.07 Å². The van der Waals surface area contributed by atoms with Gasteiger partial charge in [-0.15, -0.1) is 0 Å². The third-order valence-electron chi connectivity index (χ3n) is 2.93. The standard InChI is InChI=1S/C15H15Br2FN2/c1-2-19-14(15-13(17)4-3-5-20-15)8-10-6-11(16)9-12(18)7-10/h3-7,9,14,19H,2,8H2,1H3. The highest BCUT2D eigenvalue weighted by atomic mass is 79.9. The second-order valence-electron chi connectivity index (χ2n) is 4.46. The molecule has 5 heteroatoms. The van der Waals surface area contributed by atoms with Gasteiger partial charge < -0.3 is 5.32 Å². The van der Waals surface area contributed by atoms with Gasteiger partial charge in [0.15, 0.2) is 0 Å². The number of hydrogen-bond donors (Lipinski definition) is 1. The van der Waals surface area contributed by atoms with Crippen LogP contribution >= 0.6 is 31.9 Å². The Balaban J connectivity index is 2.28. The van der Waals surface area contributed by atoms with Crippen molar-refractivity contribution in [1.29, 1.82) is 0 Å². The highest BCUT2D eigenvalue weighted by Crippen LogP contribution is 2.25. The Morgan fingerprint density at radius 2 is 2.10 bits per heavy atom. The highest BCUT2D eigenvalue weighted by molar-refractivity contribution is 9.10. The van der Waals surface area contributed by atoms with Gasteiger partial charge in [0.05, 0.1) is 11.7 Å². The molecule has 0 spiro atoms. The minimum Gasteiger partial charge on any atom is -0.309 e. The van der Waals surface area contributed by atoms with Crippen LogP contribution in [0.2, 0.25) is 0 Å². The van der Waals surface area contributed by atoms with Crippen LogP contribution in [-0.2, 0) is 6.42 Å². The Bertz CT molecular complexity index is 570. The number of rotatable bonds is 5.